The summed E-state index contributed by atoms with van der Waals surface area (Å²) in [5, 5.41) is 2.68. The van der Waals surface area contributed by atoms with E-state index in [1.165, 1.54) is 24.3 Å². The molecule has 0 radical (unpaired) electrons. The summed E-state index contributed by atoms with van der Waals surface area (Å²) in [6.45, 7) is 3.53. The fourth-order valence-corrected chi connectivity index (χ4v) is 2.66. The molecule has 0 bridgehead atoms. The number of esters is 1. The molecule has 0 saturated carbocycles. The molecule has 2 rings (SSSR count). The van der Waals surface area contributed by atoms with Crippen molar-refractivity contribution in [1.29, 1.82) is 0 Å². The van der Waals surface area contributed by atoms with Crippen molar-refractivity contribution in [3.63, 3.8) is 0 Å². The number of hydrogen-bond acceptors (Lipinski definition) is 5. The second-order valence-corrected chi connectivity index (χ2v) is 7.80. The fourth-order valence-electron chi connectivity index (χ4n) is 2.03. The van der Waals surface area contributed by atoms with Crippen molar-refractivity contribution in [3.05, 3.63) is 59.7 Å². The molecule has 0 heterocycles. The van der Waals surface area contributed by atoms with Gasteiger partial charge in [0.15, 0.2) is 9.84 Å². The molecule has 0 fully saturated rings. The topological polar surface area (TPSA) is 89.5 Å². The van der Waals surface area contributed by atoms with Gasteiger partial charge in [-0.3, -0.25) is 4.79 Å². The third-order valence-corrected chi connectivity index (χ3v) is 4.39. The van der Waals surface area contributed by atoms with E-state index in [1.807, 2.05) is 0 Å². The van der Waals surface area contributed by atoms with Gasteiger partial charge < -0.3 is 10.1 Å². The Hall–Kier alpha value is -2.67. The first-order valence-electron chi connectivity index (χ1n) is 7.59. The van der Waals surface area contributed by atoms with E-state index in [0.717, 1.165) is 6.26 Å². The Morgan fingerprint density at radius 1 is 0.920 bits per heavy atom. The maximum Gasteiger partial charge on any atom is 0.338 e. The van der Waals surface area contributed by atoms with Crippen LogP contribution in [0.1, 0.15) is 34.6 Å². The molecule has 0 aliphatic heterocycles. The number of benzene rings is 2. The number of carbonyl (C=O) groups excluding carboxylic acids is 2. The average Bonchev–Trinajstić information content (AvgIpc) is 2.54. The van der Waals surface area contributed by atoms with Gasteiger partial charge in [-0.25, -0.2) is 13.2 Å². The van der Waals surface area contributed by atoms with Gasteiger partial charge in [0.2, 0.25) is 0 Å². The highest BCUT2D eigenvalue weighted by Crippen LogP contribution is 2.15. The summed E-state index contributed by atoms with van der Waals surface area (Å²) in [4.78, 5) is 24.1. The maximum atomic E-state index is 12.2. The number of sulfone groups is 1. The van der Waals surface area contributed by atoms with E-state index in [1.54, 1.807) is 38.1 Å². The summed E-state index contributed by atoms with van der Waals surface area (Å²) in [5.74, 6) is -0.804. The van der Waals surface area contributed by atoms with E-state index in [9.17, 15) is 18.0 Å². The van der Waals surface area contributed by atoms with E-state index < -0.39 is 15.8 Å². The Morgan fingerprint density at radius 2 is 1.44 bits per heavy atom. The van der Waals surface area contributed by atoms with Crippen LogP contribution in [0.5, 0.6) is 0 Å². The molecule has 6 nitrogen and oxygen atoms in total. The Bertz CT molecular complexity index is 869. The zero-order valence-corrected chi connectivity index (χ0v) is 15.0. The maximum absolute atomic E-state index is 12.2. The van der Waals surface area contributed by atoms with Crippen LogP contribution in [0.2, 0.25) is 0 Å². The first-order valence-corrected chi connectivity index (χ1v) is 9.48. The monoisotopic (exact) mass is 361 g/mol. The number of ether oxygens (including phenoxy) is 1. The average molecular weight is 361 g/mol. The Morgan fingerprint density at radius 3 is 1.92 bits per heavy atom. The first kappa shape index (κ1) is 18.7. The van der Waals surface area contributed by atoms with Crippen LogP contribution in [0.3, 0.4) is 0 Å². The van der Waals surface area contributed by atoms with Crippen molar-refractivity contribution in [3.8, 4) is 0 Å². The van der Waals surface area contributed by atoms with E-state index >= 15 is 0 Å². The highest BCUT2D eigenvalue weighted by atomic mass is 32.2. The van der Waals surface area contributed by atoms with Crippen molar-refractivity contribution in [2.45, 2.75) is 24.8 Å². The van der Waals surface area contributed by atoms with Gasteiger partial charge in [-0.1, -0.05) is 0 Å². The summed E-state index contributed by atoms with van der Waals surface area (Å²) in [6.07, 6.45) is 0.898. The smallest absolute Gasteiger partial charge is 0.338 e. The SMILES string of the molecule is CC(C)OC(=O)c1ccc(NC(=O)c2ccc(S(C)(=O)=O)cc2)cc1. The molecule has 7 heteroatoms. The van der Waals surface area contributed by atoms with Crippen LogP contribution in [0.15, 0.2) is 53.4 Å². The van der Waals surface area contributed by atoms with Crippen LogP contribution in [-0.2, 0) is 14.6 Å². The summed E-state index contributed by atoms with van der Waals surface area (Å²) < 4.78 is 27.9. The van der Waals surface area contributed by atoms with Gasteiger partial charge in [-0.2, -0.15) is 0 Å². The normalized spacial score (nSPS) is 11.2. The molecule has 25 heavy (non-hydrogen) atoms. The summed E-state index contributed by atoms with van der Waals surface area (Å²) in [5.41, 5.74) is 1.23. The largest absolute Gasteiger partial charge is 0.459 e. The zero-order chi connectivity index (χ0) is 18.6. The Kier molecular flexibility index (Phi) is 5.58. The van der Waals surface area contributed by atoms with Crippen LogP contribution in [-0.4, -0.2) is 32.7 Å². The summed E-state index contributed by atoms with van der Waals surface area (Å²) >= 11 is 0. The lowest BCUT2D eigenvalue weighted by Gasteiger charge is -2.09. The molecular formula is C18H19NO5S. The third-order valence-electron chi connectivity index (χ3n) is 3.27. The van der Waals surface area contributed by atoms with Crippen LogP contribution < -0.4 is 5.32 Å². The predicted molar refractivity (Wildman–Crippen MR) is 94.5 cm³/mol. The molecule has 2 aromatic carbocycles. The molecule has 0 saturated heterocycles. The lowest BCUT2D eigenvalue weighted by atomic mass is 10.2. The Balaban J connectivity index is 2.06. The minimum Gasteiger partial charge on any atom is -0.459 e. The molecular weight excluding hydrogens is 342 g/mol. The number of carbonyl (C=O) groups is 2. The fraction of sp³-hybridized carbons (Fsp3) is 0.222. The van der Waals surface area contributed by atoms with Gasteiger partial charge in [-0.05, 0) is 62.4 Å². The van der Waals surface area contributed by atoms with Crippen LogP contribution in [0.4, 0.5) is 5.69 Å². The number of anilines is 1. The van der Waals surface area contributed by atoms with Crippen molar-refractivity contribution >= 4 is 27.4 Å². The molecule has 0 aromatic heterocycles. The van der Waals surface area contributed by atoms with Crippen molar-refractivity contribution in [2.24, 2.45) is 0 Å². The molecule has 0 spiro atoms. The number of rotatable bonds is 5. The van der Waals surface area contributed by atoms with E-state index in [4.69, 9.17) is 4.74 Å². The zero-order valence-electron chi connectivity index (χ0n) is 14.1. The van der Waals surface area contributed by atoms with E-state index in [0.29, 0.717) is 16.8 Å². The Labute approximate surface area is 146 Å². The molecule has 132 valence electrons. The van der Waals surface area contributed by atoms with E-state index in [2.05, 4.69) is 5.32 Å². The molecule has 0 unspecified atom stereocenters. The summed E-state index contributed by atoms with van der Waals surface area (Å²) in [6, 6.07) is 12.0. The number of amides is 1. The second kappa shape index (κ2) is 7.48. The predicted octanol–water partition coefficient (Wildman–Crippen LogP) is 2.91. The molecule has 0 atom stereocenters. The third kappa shape index (κ3) is 5.15. The van der Waals surface area contributed by atoms with Gasteiger partial charge in [0.05, 0.1) is 16.6 Å². The molecule has 2 aromatic rings. The van der Waals surface area contributed by atoms with Crippen molar-refractivity contribution in [1.82, 2.24) is 0 Å². The van der Waals surface area contributed by atoms with Gasteiger partial charge in [0, 0.05) is 17.5 Å². The summed E-state index contributed by atoms with van der Waals surface area (Å²) in [7, 11) is -3.30. The van der Waals surface area contributed by atoms with Crippen LogP contribution in [0.25, 0.3) is 0 Å². The molecule has 0 aliphatic rings. The molecule has 1 N–H and O–H groups in total. The minimum absolute atomic E-state index is 0.150. The van der Waals surface area contributed by atoms with Gasteiger partial charge >= 0.3 is 5.97 Å². The van der Waals surface area contributed by atoms with Crippen LogP contribution >= 0.6 is 0 Å². The second-order valence-electron chi connectivity index (χ2n) is 5.78. The van der Waals surface area contributed by atoms with Crippen molar-refractivity contribution < 1.29 is 22.7 Å². The van der Waals surface area contributed by atoms with Gasteiger partial charge in [0.25, 0.3) is 5.91 Å². The standard InChI is InChI=1S/C18H19NO5S/c1-12(2)24-18(21)14-4-8-15(9-5-14)19-17(20)13-6-10-16(11-7-13)25(3,22)23/h4-12H,1-3H3,(H,19,20). The lowest BCUT2D eigenvalue weighted by molar-refractivity contribution is 0.0378. The first-order chi connectivity index (χ1) is 11.7. The number of hydrogen-bond donors (Lipinski definition) is 1. The van der Waals surface area contributed by atoms with Gasteiger partial charge in [0.1, 0.15) is 0 Å². The minimum atomic E-state index is -3.30. The van der Waals surface area contributed by atoms with Crippen molar-refractivity contribution in [2.75, 3.05) is 11.6 Å². The highest BCUT2D eigenvalue weighted by molar-refractivity contribution is 7.90. The van der Waals surface area contributed by atoms with E-state index in [-0.39, 0.29) is 16.9 Å². The number of nitrogens with one attached hydrogen (secondary N) is 1. The van der Waals surface area contributed by atoms with Gasteiger partial charge in [-0.15, -0.1) is 0 Å². The highest BCUT2D eigenvalue weighted by Gasteiger charge is 2.12. The molecule has 1 amide bonds. The quantitative estimate of drug-likeness (QED) is 0.827. The van der Waals surface area contributed by atoms with Crippen LogP contribution in [0, 0.1) is 0 Å². The lowest BCUT2D eigenvalue weighted by Crippen LogP contribution is -2.13. The molecule has 0 aliphatic carbocycles.